The first kappa shape index (κ1) is 20.3. The fourth-order valence-electron chi connectivity index (χ4n) is 4.03. The zero-order valence-electron chi connectivity index (χ0n) is 17.2. The minimum Gasteiger partial charge on any atom is -0.454 e. The van der Waals surface area contributed by atoms with Crippen molar-refractivity contribution in [1.82, 2.24) is 10.2 Å². The van der Waals surface area contributed by atoms with Crippen LogP contribution < -0.4 is 19.7 Å². The summed E-state index contributed by atoms with van der Waals surface area (Å²) in [7, 11) is 3.28. The lowest BCUT2D eigenvalue weighted by molar-refractivity contribution is -0.124. The summed E-state index contributed by atoms with van der Waals surface area (Å²) in [5, 5.41) is 3.50. The molecular formula is C22H24ClN3O4. The molecule has 7 nitrogen and oxygen atoms in total. The Labute approximate surface area is 180 Å². The van der Waals surface area contributed by atoms with Crippen molar-refractivity contribution in [2.75, 3.05) is 32.3 Å². The van der Waals surface area contributed by atoms with Gasteiger partial charge in [-0.25, -0.2) is 4.79 Å². The number of ether oxygens (including phenoxy) is 2. The number of nitrogens with zero attached hydrogens (tertiary/aromatic N) is 2. The predicted octanol–water partition coefficient (Wildman–Crippen LogP) is 3.53. The van der Waals surface area contributed by atoms with Crippen molar-refractivity contribution in [2.45, 2.75) is 25.3 Å². The van der Waals surface area contributed by atoms with Crippen molar-refractivity contribution in [1.29, 1.82) is 0 Å². The molecule has 158 valence electrons. The van der Waals surface area contributed by atoms with E-state index in [1.165, 1.54) is 4.90 Å². The van der Waals surface area contributed by atoms with Gasteiger partial charge in [0, 0.05) is 48.9 Å². The van der Waals surface area contributed by atoms with Crippen LogP contribution in [0.2, 0.25) is 5.02 Å². The Balaban J connectivity index is 1.88. The average Bonchev–Trinajstić information content (AvgIpc) is 3.27. The van der Waals surface area contributed by atoms with E-state index in [-0.39, 0.29) is 25.2 Å². The normalized spacial score (nSPS) is 19.1. The third-order valence-electron chi connectivity index (χ3n) is 5.43. The van der Waals surface area contributed by atoms with Crippen LogP contribution in [0.3, 0.4) is 0 Å². The SMILES string of the molecule is CCCN1C(=O)C(Cc2cccc3c2OCO3)(NC(=O)N(C)C)c2cc(Cl)ccc21. The van der Waals surface area contributed by atoms with Crippen molar-refractivity contribution in [2.24, 2.45) is 0 Å². The third-order valence-corrected chi connectivity index (χ3v) is 5.66. The second-order valence-electron chi connectivity index (χ2n) is 7.68. The summed E-state index contributed by atoms with van der Waals surface area (Å²) in [5.74, 6) is 1.04. The van der Waals surface area contributed by atoms with E-state index >= 15 is 0 Å². The van der Waals surface area contributed by atoms with Gasteiger partial charge < -0.3 is 24.6 Å². The van der Waals surface area contributed by atoms with Crippen LogP contribution in [0.1, 0.15) is 24.5 Å². The topological polar surface area (TPSA) is 71.1 Å². The number of nitrogens with one attached hydrogen (secondary N) is 1. The summed E-state index contributed by atoms with van der Waals surface area (Å²) in [5.41, 5.74) is 0.912. The number of hydrogen-bond donors (Lipinski definition) is 1. The average molecular weight is 430 g/mol. The van der Waals surface area contributed by atoms with Crippen LogP contribution in [0.25, 0.3) is 0 Å². The van der Waals surface area contributed by atoms with Gasteiger partial charge in [-0.15, -0.1) is 0 Å². The van der Waals surface area contributed by atoms with Gasteiger partial charge in [-0.05, 0) is 30.7 Å². The number of carbonyl (C=O) groups is 2. The molecule has 0 fully saturated rings. The van der Waals surface area contributed by atoms with E-state index < -0.39 is 5.54 Å². The molecule has 1 unspecified atom stereocenters. The maximum atomic E-state index is 13.8. The number of para-hydroxylation sites is 1. The second kappa shape index (κ2) is 7.72. The second-order valence-corrected chi connectivity index (χ2v) is 8.11. The highest BCUT2D eigenvalue weighted by Gasteiger charge is 2.52. The molecule has 2 aliphatic rings. The molecule has 0 spiro atoms. The highest BCUT2D eigenvalue weighted by molar-refractivity contribution is 6.31. The van der Waals surface area contributed by atoms with Crippen molar-refractivity contribution < 1.29 is 19.1 Å². The standard InChI is InChI=1S/C22H24ClN3O4/c1-4-10-26-17-9-8-15(23)11-16(17)22(20(26)27,24-21(28)25(2)3)12-14-6-5-7-18-19(14)30-13-29-18/h5-9,11H,4,10,12-13H2,1-3H3,(H,24,28). The lowest BCUT2D eigenvalue weighted by Gasteiger charge is -2.32. The highest BCUT2D eigenvalue weighted by Crippen LogP contribution is 2.46. The van der Waals surface area contributed by atoms with Gasteiger partial charge in [-0.3, -0.25) is 4.79 Å². The van der Waals surface area contributed by atoms with Gasteiger partial charge in [0.2, 0.25) is 6.79 Å². The number of anilines is 1. The molecule has 4 rings (SSSR count). The first-order valence-electron chi connectivity index (χ1n) is 9.86. The number of benzene rings is 2. The summed E-state index contributed by atoms with van der Waals surface area (Å²) in [6.07, 6.45) is 0.995. The summed E-state index contributed by atoms with van der Waals surface area (Å²) in [4.78, 5) is 29.8. The Hall–Kier alpha value is -2.93. The number of halogens is 1. The van der Waals surface area contributed by atoms with Gasteiger partial charge in [0.25, 0.3) is 5.91 Å². The third kappa shape index (κ3) is 3.23. The first-order chi connectivity index (χ1) is 14.4. The quantitative estimate of drug-likeness (QED) is 0.789. The van der Waals surface area contributed by atoms with E-state index in [1.54, 1.807) is 31.1 Å². The van der Waals surface area contributed by atoms with E-state index in [2.05, 4.69) is 5.32 Å². The molecule has 0 saturated carbocycles. The monoisotopic (exact) mass is 429 g/mol. The molecule has 8 heteroatoms. The molecule has 0 saturated heterocycles. The number of urea groups is 1. The van der Waals surface area contributed by atoms with Crippen LogP contribution in [-0.4, -0.2) is 44.3 Å². The largest absolute Gasteiger partial charge is 0.454 e. The smallest absolute Gasteiger partial charge is 0.318 e. The highest BCUT2D eigenvalue weighted by atomic mass is 35.5. The van der Waals surface area contributed by atoms with E-state index in [4.69, 9.17) is 21.1 Å². The molecule has 2 aliphatic heterocycles. The van der Waals surface area contributed by atoms with Crippen molar-refractivity contribution in [3.8, 4) is 11.5 Å². The zero-order chi connectivity index (χ0) is 21.5. The van der Waals surface area contributed by atoms with Crippen molar-refractivity contribution in [3.05, 3.63) is 52.5 Å². The van der Waals surface area contributed by atoms with Gasteiger partial charge >= 0.3 is 6.03 Å². The minimum absolute atomic E-state index is 0.127. The van der Waals surface area contributed by atoms with Crippen LogP contribution in [0.15, 0.2) is 36.4 Å². The Kier molecular flexibility index (Phi) is 5.24. The van der Waals surface area contributed by atoms with E-state index in [9.17, 15) is 9.59 Å². The molecule has 0 aliphatic carbocycles. The molecule has 1 atom stereocenters. The molecule has 2 heterocycles. The molecule has 3 amide bonds. The zero-order valence-corrected chi connectivity index (χ0v) is 18.0. The summed E-state index contributed by atoms with van der Waals surface area (Å²) < 4.78 is 11.2. The number of amides is 3. The van der Waals surface area contributed by atoms with E-state index in [1.807, 2.05) is 31.2 Å². The summed E-state index contributed by atoms with van der Waals surface area (Å²) in [6.45, 7) is 2.68. The summed E-state index contributed by atoms with van der Waals surface area (Å²) >= 11 is 6.32. The molecule has 2 aromatic rings. The summed E-state index contributed by atoms with van der Waals surface area (Å²) in [6, 6.07) is 10.6. The lowest BCUT2D eigenvalue weighted by Crippen LogP contribution is -2.56. The maximum absolute atomic E-state index is 13.8. The minimum atomic E-state index is -1.31. The maximum Gasteiger partial charge on any atom is 0.318 e. The van der Waals surface area contributed by atoms with Crippen LogP contribution in [0.4, 0.5) is 10.5 Å². The van der Waals surface area contributed by atoms with Crippen LogP contribution in [-0.2, 0) is 16.8 Å². The first-order valence-corrected chi connectivity index (χ1v) is 10.2. The van der Waals surface area contributed by atoms with Crippen molar-refractivity contribution >= 4 is 29.2 Å². The van der Waals surface area contributed by atoms with Crippen LogP contribution in [0, 0.1) is 0 Å². The fourth-order valence-corrected chi connectivity index (χ4v) is 4.20. The van der Waals surface area contributed by atoms with Gasteiger partial charge in [0.05, 0.1) is 0 Å². The van der Waals surface area contributed by atoms with Crippen LogP contribution >= 0.6 is 11.6 Å². The Morgan fingerprint density at radius 1 is 1.27 bits per heavy atom. The Morgan fingerprint density at radius 3 is 2.80 bits per heavy atom. The Bertz CT molecular complexity index is 1010. The number of carbonyl (C=O) groups excluding carboxylic acids is 2. The van der Waals surface area contributed by atoms with Crippen molar-refractivity contribution in [3.63, 3.8) is 0 Å². The predicted molar refractivity (Wildman–Crippen MR) is 114 cm³/mol. The number of rotatable bonds is 5. The molecule has 2 aromatic carbocycles. The van der Waals surface area contributed by atoms with Gasteiger partial charge in [0.15, 0.2) is 17.0 Å². The van der Waals surface area contributed by atoms with Gasteiger partial charge in [-0.1, -0.05) is 30.7 Å². The molecule has 1 N–H and O–H groups in total. The number of hydrogen-bond acceptors (Lipinski definition) is 4. The molecule has 0 radical (unpaired) electrons. The van der Waals surface area contributed by atoms with E-state index in [0.717, 1.165) is 17.7 Å². The van der Waals surface area contributed by atoms with E-state index in [0.29, 0.717) is 28.6 Å². The van der Waals surface area contributed by atoms with Crippen LogP contribution in [0.5, 0.6) is 11.5 Å². The van der Waals surface area contributed by atoms with Gasteiger partial charge in [-0.2, -0.15) is 0 Å². The fraction of sp³-hybridized carbons (Fsp3) is 0.364. The Morgan fingerprint density at radius 2 is 2.07 bits per heavy atom. The lowest BCUT2D eigenvalue weighted by atomic mass is 9.84. The molecule has 0 aromatic heterocycles. The number of fused-ring (bicyclic) bond motifs is 2. The molecule has 0 bridgehead atoms. The molecule has 30 heavy (non-hydrogen) atoms. The van der Waals surface area contributed by atoms with Gasteiger partial charge in [0.1, 0.15) is 0 Å². The molecular weight excluding hydrogens is 406 g/mol.